The Kier molecular flexibility index (Phi) is 4.96. The average Bonchev–Trinajstić information content (AvgIpc) is 3.35. The van der Waals surface area contributed by atoms with E-state index in [-0.39, 0.29) is 23.8 Å². The van der Waals surface area contributed by atoms with E-state index in [0.29, 0.717) is 35.5 Å². The number of hydrogen-bond donors (Lipinski definition) is 0. The van der Waals surface area contributed by atoms with E-state index in [1.165, 1.54) is 12.3 Å². The van der Waals surface area contributed by atoms with E-state index in [4.69, 9.17) is 4.98 Å². The second-order valence-corrected chi connectivity index (χ2v) is 10.0. The highest BCUT2D eigenvalue weighted by atomic mass is 19.1. The molecule has 5 heterocycles. The summed E-state index contributed by atoms with van der Waals surface area (Å²) in [5, 5.41) is 4.67. The van der Waals surface area contributed by atoms with Gasteiger partial charge < -0.3 is 4.90 Å². The van der Waals surface area contributed by atoms with Crippen LogP contribution in [0.4, 0.5) is 4.39 Å². The molecule has 0 unspecified atom stereocenters. The molecule has 8 heteroatoms. The Hall–Kier alpha value is -4.33. The van der Waals surface area contributed by atoms with Gasteiger partial charge in [0.1, 0.15) is 17.2 Å². The van der Waals surface area contributed by atoms with Crippen LogP contribution in [0.1, 0.15) is 23.8 Å². The maximum Gasteiger partial charge on any atom is 0.275 e. The number of imidazole rings is 1. The molecule has 1 saturated heterocycles. The van der Waals surface area contributed by atoms with Crippen molar-refractivity contribution < 1.29 is 9.18 Å². The fraction of sp³-hybridized carbons (Fsp3) is 0.241. The summed E-state index contributed by atoms with van der Waals surface area (Å²) in [6.45, 7) is 2.81. The van der Waals surface area contributed by atoms with Crippen LogP contribution in [0.5, 0.6) is 0 Å². The maximum atomic E-state index is 14.2. The number of halogens is 1. The summed E-state index contributed by atoms with van der Waals surface area (Å²) in [6, 6.07) is 20.9. The molecule has 0 spiro atoms. The number of likely N-dealkylation sites (tertiary alicyclic amines) is 1. The predicted octanol–water partition coefficient (Wildman–Crippen LogP) is 4.95. The number of carbonyl (C=O) groups excluding carboxylic acids is 1. The van der Waals surface area contributed by atoms with Gasteiger partial charge in [-0.05, 0) is 48.6 Å². The molecule has 0 N–H and O–H groups in total. The zero-order chi connectivity index (χ0) is 25.1. The first-order valence-electron chi connectivity index (χ1n) is 12.6. The Morgan fingerprint density at radius 2 is 1.84 bits per heavy atom. The molecule has 1 aliphatic heterocycles. The minimum Gasteiger partial charge on any atom is -0.329 e. The molecule has 4 atom stereocenters. The van der Waals surface area contributed by atoms with Crippen LogP contribution < -0.4 is 0 Å². The predicted molar refractivity (Wildman–Crippen MR) is 137 cm³/mol. The zero-order valence-electron chi connectivity index (χ0n) is 20.3. The van der Waals surface area contributed by atoms with Gasteiger partial charge >= 0.3 is 0 Å². The van der Waals surface area contributed by atoms with Crippen molar-refractivity contribution in [2.24, 2.45) is 11.8 Å². The number of pyridine rings is 2. The highest BCUT2D eigenvalue weighted by Gasteiger charge is 2.60. The van der Waals surface area contributed by atoms with Crippen LogP contribution in [0.3, 0.4) is 0 Å². The van der Waals surface area contributed by atoms with Gasteiger partial charge in [0.25, 0.3) is 5.91 Å². The normalized spacial score (nSPS) is 22.4. The van der Waals surface area contributed by atoms with Gasteiger partial charge in [-0.1, -0.05) is 43.3 Å². The highest BCUT2D eigenvalue weighted by molar-refractivity contribution is 6.00. The second-order valence-electron chi connectivity index (χ2n) is 10.0. The third-order valence-corrected chi connectivity index (χ3v) is 7.81. The molecule has 2 aliphatic rings. The van der Waals surface area contributed by atoms with Crippen LogP contribution in [0, 0.1) is 17.7 Å². The number of fused-ring (bicyclic) bond motifs is 2. The number of amides is 1. The topological polar surface area (TPSA) is 68.3 Å². The van der Waals surface area contributed by atoms with Gasteiger partial charge in [-0.15, -0.1) is 0 Å². The van der Waals surface area contributed by atoms with E-state index in [9.17, 15) is 9.18 Å². The smallest absolute Gasteiger partial charge is 0.275 e. The Morgan fingerprint density at radius 3 is 2.65 bits per heavy atom. The average molecular weight is 493 g/mol. The van der Waals surface area contributed by atoms with Crippen molar-refractivity contribution in [3.63, 3.8) is 0 Å². The van der Waals surface area contributed by atoms with Gasteiger partial charge in [0.2, 0.25) is 0 Å². The number of hydrogen-bond acceptors (Lipinski definition) is 4. The first-order chi connectivity index (χ1) is 18.1. The summed E-state index contributed by atoms with van der Waals surface area (Å²) in [7, 11) is 0. The minimum absolute atomic E-state index is 0.0149. The minimum atomic E-state index is -0.376. The summed E-state index contributed by atoms with van der Waals surface area (Å²) in [6.07, 6.45) is 5.99. The van der Waals surface area contributed by atoms with E-state index in [0.717, 1.165) is 23.3 Å². The fourth-order valence-corrected chi connectivity index (χ4v) is 5.95. The lowest BCUT2D eigenvalue weighted by Crippen LogP contribution is -2.42. The molecule has 4 aromatic heterocycles. The molecule has 7 rings (SSSR count). The lowest BCUT2D eigenvalue weighted by Gasteiger charge is -2.28. The van der Waals surface area contributed by atoms with Gasteiger partial charge in [-0.25, -0.2) is 9.37 Å². The number of nitrogens with zero attached hydrogens (tertiary/aromatic N) is 6. The molecule has 7 nitrogen and oxygen atoms in total. The van der Waals surface area contributed by atoms with Crippen molar-refractivity contribution in [3.8, 4) is 22.6 Å². The van der Waals surface area contributed by atoms with Crippen LogP contribution in [-0.2, 0) is 6.54 Å². The lowest BCUT2D eigenvalue weighted by molar-refractivity contribution is 0.0662. The molecule has 1 amide bonds. The first kappa shape index (κ1) is 21.9. The van der Waals surface area contributed by atoms with Crippen molar-refractivity contribution in [3.05, 3.63) is 96.8 Å². The number of piperidine rings is 1. The van der Waals surface area contributed by atoms with Crippen molar-refractivity contribution >= 4 is 11.6 Å². The third kappa shape index (κ3) is 3.63. The quantitative estimate of drug-likeness (QED) is 0.348. The summed E-state index contributed by atoms with van der Waals surface area (Å²) < 4.78 is 17.1. The van der Waals surface area contributed by atoms with Crippen LogP contribution >= 0.6 is 0 Å². The van der Waals surface area contributed by atoms with E-state index in [1.807, 2.05) is 76.1 Å². The summed E-state index contributed by atoms with van der Waals surface area (Å²) in [5.74, 6) is 0.574. The number of benzene rings is 1. The van der Waals surface area contributed by atoms with Crippen molar-refractivity contribution in [1.82, 2.24) is 29.0 Å². The molecule has 0 bridgehead atoms. The van der Waals surface area contributed by atoms with Gasteiger partial charge in [0, 0.05) is 24.0 Å². The van der Waals surface area contributed by atoms with Crippen LogP contribution in [0.15, 0.2) is 85.3 Å². The Morgan fingerprint density at radius 1 is 1.00 bits per heavy atom. The molecule has 0 radical (unpaired) electrons. The van der Waals surface area contributed by atoms with E-state index >= 15 is 0 Å². The Bertz CT molecular complexity index is 1610. The zero-order valence-corrected chi connectivity index (χ0v) is 20.3. The number of rotatable bonds is 5. The lowest BCUT2D eigenvalue weighted by atomic mass is 10.1. The van der Waals surface area contributed by atoms with Gasteiger partial charge in [-0.3, -0.25) is 18.9 Å². The van der Waals surface area contributed by atoms with Gasteiger partial charge in [0.05, 0.1) is 30.2 Å². The molecule has 1 saturated carbocycles. The molecule has 1 aliphatic carbocycles. The van der Waals surface area contributed by atoms with Crippen LogP contribution in [0.25, 0.3) is 28.3 Å². The molecular formula is C29H25FN6O. The first-order valence-corrected chi connectivity index (χ1v) is 12.6. The van der Waals surface area contributed by atoms with E-state index < -0.39 is 0 Å². The van der Waals surface area contributed by atoms with Crippen molar-refractivity contribution in [1.29, 1.82) is 0 Å². The van der Waals surface area contributed by atoms with Gasteiger partial charge in [-0.2, -0.15) is 5.10 Å². The largest absolute Gasteiger partial charge is 0.329 e. The molecular weight excluding hydrogens is 467 g/mol. The molecule has 5 aromatic rings. The summed E-state index contributed by atoms with van der Waals surface area (Å²) >= 11 is 0. The van der Waals surface area contributed by atoms with Gasteiger partial charge in [0.15, 0.2) is 5.69 Å². The fourth-order valence-electron chi connectivity index (χ4n) is 5.95. The molecule has 2 fully saturated rings. The Labute approximate surface area is 213 Å². The van der Waals surface area contributed by atoms with Crippen LogP contribution in [0.2, 0.25) is 0 Å². The van der Waals surface area contributed by atoms with Crippen molar-refractivity contribution in [2.75, 3.05) is 0 Å². The molecule has 37 heavy (non-hydrogen) atoms. The summed E-state index contributed by atoms with van der Waals surface area (Å²) in [4.78, 5) is 25.2. The van der Waals surface area contributed by atoms with E-state index in [1.54, 1.807) is 6.07 Å². The maximum absolute atomic E-state index is 14.2. The SMILES string of the molecule is C[C@H]1[C@H]2C[C@@H](Cn3ccc(-c4ccc(F)cn4)n3)N(C(=O)c3nc4ccccn4c3-c3ccccc3)[C@@H]12. The monoisotopic (exact) mass is 492 g/mol. The Balaban J connectivity index is 1.23. The third-order valence-electron chi connectivity index (χ3n) is 7.81. The number of carbonyl (C=O) groups is 1. The van der Waals surface area contributed by atoms with Crippen molar-refractivity contribution in [2.45, 2.75) is 32.0 Å². The molecule has 184 valence electrons. The van der Waals surface area contributed by atoms with E-state index in [2.05, 4.69) is 21.9 Å². The van der Waals surface area contributed by atoms with Crippen LogP contribution in [-0.4, -0.2) is 47.0 Å². The summed E-state index contributed by atoms with van der Waals surface area (Å²) in [5.41, 5.74) is 4.32. The highest BCUT2D eigenvalue weighted by Crippen LogP contribution is 2.54. The number of aromatic nitrogens is 5. The molecule has 1 aromatic carbocycles. The second kappa shape index (κ2) is 8.37. The standard InChI is InChI=1S/C29H25FN6O/c1-18-22-15-21(17-34-14-12-24(33-34)23-11-10-20(30)16-31-23)36(27(18)22)29(37)26-28(19-7-3-2-4-8-19)35-13-6-5-9-25(35)32-26/h2-14,16,18,21-22,27H,15,17H2,1H3/t18-,21-,22+,27-/m0/s1.